The van der Waals surface area contributed by atoms with Crippen molar-refractivity contribution in [2.75, 3.05) is 13.1 Å². The number of benzene rings is 1. The minimum Gasteiger partial charge on any atom is -0.511 e. The maximum atomic E-state index is 12.9. The molecule has 1 saturated carbocycles. The van der Waals surface area contributed by atoms with E-state index in [1.807, 2.05) is 32.0 Å². The minimum absolute atomic E-state index is 0.150. The quantitative estimate of drug-likeness (QED) is 0.660. The van der Waals surface area contributed by atoms with E-state index >= 15 is 0 Å². The Kier molecular flexibility index (Phi) is 4.95. The highest BCUT2D eigenvalue weighted by molar-refractivity contribution is 6.19. The van der Waals surface area contributed by atoms with E-state index < -0.39 is 29.9 Å². The summed E-state index contributed by atoms with van der Waals surface area (Å²) in [7, 11) is 0. The van der Waals surface area contributed by atoms with Gasteiger partial charge in [-0.25, -0.2) is 0 Å². The topological polar surface area (TPSA) is 107 Å². The number of hydrogen-bond donors (Lipinski definition) is 3. The zero-order valence-electron chi connectivity index (χ0n) is 15.4. The van der Waals surface area contributed by atoms with Crippen molar-refractivity contribution in [2.24, 2.45) is 5.92 Å². The number of aliphatic carboxylic acids is 1. The second-order valence-corrected chi connectivity index (χ2v) is 7.82. The Morgan fingerprint density at radius 2 is 1.93 bits per heavy atom. The molecule has 2 aliphatic rings. The Morgan fingerprint density at radius 3 is 2.56 bits per heavy atom. The Balaban J connectivity index is 1.74. The van der Waals surface area contributed by atoms with Crippen LogP contribution in [0.15, 0.2) is 41.7 Å². The van der Waals surface area contributed by atoms with E-state index in [1.54, 1.807) is 4.90 Å². The first-order valence-electron chi connectivity index (χ1n) is 8.99. The lowest BCUT2D eigenvalue weighted by atomic mass is 9.88. The van der Waals surface area contributed by atoms with Gasteiger partial charge in [0.1, 0.15) is 17.9 Å². The number of aliphatic hydroxyl groups is 1. The van der Waals surface area contributed by atoms with Gasteiger partial charge >= 0.3 is 5.97 Å². The molecule has 2 amide bonds. The summed E-state index contributed by atoms with van der Waals surface area (Å²) in [5.41, 5.74) is 0.261. The van der Waals surface area contributed by atoms with Gasteiger partial charge in [-0.3, -0.25) is 14.4 Å². The summed E-state index contributed by atoms with van der Waals surface area (Å²) in [6.07, 6.45) is 1.12. The molecular weight excluding hydrogens is 348 g/mol. The van der Waals surface area contributed by atoms with E-state index in [1.165, 1.54) is 5.56 Å². The summed E-state index contributed by atoms with van der Waals surface area (Å²) in [4.78, 5) is 37.5. The van der Waals surface area contributed by atoms with Crippen molar-refractivity contribution in [3.05, 3.63) is 47.2 Å². The second kappa shape index (κ2) is 7.06. The Bertz CT molecular complexity index is 800. The fourth-order valence-corrected chi connectivity index (χ4v) is 3.72. The number of carbonyl (C=O) groups excluding carboxylic acids is 2. The van der Waals surface area contributed by atoms with Crippen LogP contribution in [0.25, 0.3) is 0 Å². The molecule has 1 aliphatic carbocycles. The highest BCUT2D eigenvalue weighted by atomic mass is 16.4. The van der Waals surface area contributed by atoms with Crippen LogP contribution >= 0.6 is 0 Å². The number of carboxylic acid groups (broad SMARTS) is 1. The van der Waals surface area contributed by atoms with Crippen molar-refractivity contribution in [3.8, 4) is 0 Å². The fraction of sp³-hybridized carbons (Fsp3) is 0.450. The molecule has 0 bridgehead atoms. The van der Waals surface area contributed by atoms with Gasteiger partial charge in [-0.15, -0.1) is 0 Å². The molecule has 1 heterocycles. The molecule has 7 heteroatoms. The van der Waals surface area contributed by atoms with Gasteiger partial charge in [0.25, 0.3) is 11.8 Å². The summed E-state index contributed by atoms with van der Waals surface area (Å²) in [6, 6.07) is 10.1. The third-order valence-electron chi connectivity index (χ3n) is 5.27. The van der Waals surface area contributed by atoms with Gasteiger partial charge in [-0.2, -0.15) is 0 Å². The number of amides is 2. The van der Waals surface area contributed by atoms with Crippen molar-refractivity contribution in [1.82, 2.24) is 10.2 Å². The number of aliphatic hydroxyl groups excluding tert-OH is 1. The van der Waals surface area contributed by atoms with E-state index in [0.717, 1.165) is 6.42 Å². The third kappa shape index (κ3) is 3.97. The molecule has 1 aromatic carbocycles. The highest BCUT2D eigenvalue weighted by Crippen LogP contribution is 2.49. The van der Waals surface area contributed by atoms with Crippen LogP contribution in [0, 0.1) is 5.92 Å². The predicted octanol–water partition coefficient (Wildman–Crippen LogP) is 1.81. The van der Waals surface area contributed by atoms with Gasteiger partial charge in [0, 0.05) is 18.5 Å². The van der Waals surface area contributed by atoms with Crippen LogP contribution in [-0.2, 0) is 14.4 Å². The lowest BCUT2D eigenvalue weighted by molar-refractivity contribution is -0.140. The Hall–Kier alpha value is -2.83. The number of carboxylic acids is 1. The Labute approximate surface area is 157 Å². The van der Waals surface area contributed by atoms with E-state index in [2.05, 4.69) is 17.4 Å². The number of rotatable bonds is 6. The fourth-order valence-electron chi connectivity index (χ4n) is 3.72. The summed E-state index contributed by atoms with van der Waals surface area (Å²) in [5.74, 6) is -2.22. The van der Waals surface area contributed by atoms with Crippen molar-refractivity contribution >= 4 is 17.8 Å². The van der Waals surface area contributed by atoms with Gasteiger partial charge in [-0.1, -0.05) is 30.3 Å². The molecule has 0 spiro atoms. The number of nitrogens with one attached hydrogen (secondary N) is 1. The van der Waals surface area contributed by atoms with Crippen molar-refractivity contribution in [3.63, 3.8) is 0 Å². The van der Waals surface area contributed by atoms with E-state index in [4.69, 9.17) is 5.11 Å². The summed E-state index contributed by atoms with van der Waals surface area (Å²) < 4.78 is 0. The molecular formula is C20H24N2O5. The zero-order chi connectivity index (χ0) is 19.8. The maximum absolute atomic E-state index is 12.9. The summed E-state index contributed by atoms with van der Waals surface area (Å²) >= 11 is 0. The average molecular weight is 372 g/mol. The van der Waals surface area contributed by atoms with Gasteiger partial charge in [0.2, 0.25) is 0 Å². The van der Waals surface area contributed by atoms with Crippen molar-refractivity contribution < 1.29 is 24.6 Å². The van der Waals surface area contributed by atoms with Crippen LogP contribution in [0.2, 0.25) is 0 Å². The third-order valence-corrected chi connectivity index (χ3v) is 5.27. The highest BCUT2D eigenvalue weighted by Gasteiger charge is 2.47. The van der Waals surface area contributed by atoms with Crippen molar-refractivity contribution in [2.45, 2.75) is 38.1 Å². The van der Waals surface area contributed by atoms with Crippen LogP contribution < -0.4 is 5.32 Å². The first-order valence-corrected chi connectivity index (χ1v) is 8.99. The lowest BCUT2D eigenvalue weighted by Gasteiger charge is -2.42. The average Bonchev–Trinajstić information content (AvgIpc) is 3.36. The van der Waals surface area contributed by atoms with Gasteiger partial charge in [-0.05, 0) is 37.7 Å². The minimum atomic E-state index is -1.22. The normalized spacial score (nSPS) is 23.9. The van der Waals surface area contributed by atoms with Crippen LogP contribution in [0.1, 0.15) is 38.2 Å². The van der Waals surface area contributed by atoms with Crippen LogP contribution in [0.3, 0.4) is 0 Å². The van der Waals surface area contributed by atoms with Gasteiger partial charge in [0.15, 0.2) is 0 Å². The first-order chi connectivity index (χ1) is 12.7. The first kappa shape index (κ1) is 18.9. The van der Waals surface area contributed by atoms with Gasteiger partial charge < -0.3 is 20.4 Å². The Morgan fingerprint density at radius 1 is 1.26 bits per heavy atom. The molecule has 2 atom stereocenters. The van der Waals surface area contributed by atoms with Crippen LogP contribution in [-0.4, -0.2) is 51.5 Å². The second-order valence-electron chi connectivity index (χ2n) is 7.82. The summed E-state index contributed by atoms with van der Waals surface area (Å²) in [6.45, 7) is 3.60. The standard InChI is InChI=1S/C20H24N2O5/c1-20(2)9-15(23)17(18(26)21-10-16(24)25)19(27)22(20)11-13-8-14(13)12-6-4-3-5-7-12/h3-7,13-14,23H,8-11H2,1-2H3,(H,21,26)(H,24,25)/t13-,14+/m0/s1. The molecule has 0 unspecified atom stereocenters. The molecule has 144 valence electrons. The van der Waals surface area contributed by atoms with E-state index in [9.17, 15) is 19.5 Å². The molecule has 27 heavy (non-hydrogen) atoms. The van der Waals surface area contributed by atoms with E-state index in [0.29, 0.717) is 18.4 Å². The number of hydrogen-bond acceptors (Lipinski definition) is 4. The molecule has 1 aliphatic heterocycles. The smallest absolute Gasteiger partial charge is 0.322 e. The number of carbonyl (C=O) groups is 3. The maximum Gasteiger partial charge on any atom is 0.322 e. The van der Waals surface area contributed by atoms with Gasteiger partial charge in [0.05, 0.1) is 0 Å². The zero-order valence-corrected chi connectivity index (χ0v) is 15.4. The molecule has 3 N–H and O–H groups in total. The van der Waals surface area contributed by atoms with Crippen LogP contribution in [0.4, 0.5) is 0 Å². The SMILES string of the molecule is CC1(C)CC(O)=C(C(=O)NCC(=O)O)C(=O)N1C[C@@H]1C[C@@H]1c1ccccc1. The number of nitrogens with zero attached hydrogens (tertiary/aromatic N) is 1. The molecule has 1 aromatic rings. The molecule has 7 nitrogen and oxygen atoms in total. The van der Waals surface area contributed by atoms with Crippen LogP contribution in [0.5, 0.6) is 0 Å². The molecule has 0 radical (unpaired) electrons. The molecule has 3 rings (SSSR count). The predicted molar refractivity (Wildman–Crippen MR) is 98.0 cm³/mol. The molecule has 1 fully saturated rings. The van der Waals surface area contributed by atoms with Crippen molar-refractivity contribution in [1.29, 1.82) is 0 Å². The summed E-state index contributed by atoms with van der Waals surface area (Å²) in [5, 5.41) is 21.1. The van der Waals surface area contributed by atoms with E-state index in [-0.39, 0.29) is 17.8 Å². The monoisotopic (exact) mass is 372 g/mol. The molecule has 0 aromatic heterocycles. The lowest BCUT2D eigenvalue weighted by Crippen LogP contribution is -2.54. The largest absolute Gasteiger partial charge is 0.511 e. The molecule has 0 saturated heterocycles.